The zero-order valence-corrected chi connectivity index (χ0v) is 10.3. The van der Waals surface area contributed by atoms with Gasteiger partial charge in [0, 0.05) is 17.3 Å². The molecule has 0 unspecified atom stereocenters. The molecule has 4 nitrogen and oxygen atoms in total. The minimum absolute atomic E-state index is 0.0953. The summed E-state index contributed by atoms with van der Waals surface area (Å²) < 4.78 is 31.4. The lowest BCUT2D eigenvalue weighted by Gasteiger charge is -2.09. The fourth-order valence-electron chi connectivity index (χ4n) is 1.61. The van der Waals surface area contributed by atoms with Crippen LogP contribution in [0.5, 0.6) is 5.75 Å². The Balaban J connectivity index is 2.15. The predicted molar refractivity (Wildman–Crippen MR) is 68.5 cm³/mol. The van der Waals surface area contributed by atoms with Crippen LogP contribution < -0.4 is 10.5 Å². The summed E-state index contributed by atoms with van der Waals surface area (Å²) in [5.41, 5.74) is 5.68. The fourth-order valence-corrected chi connectivity index (χ4v) is 1.61. The van der Waals surface area contributed by atoms with E-state index in [1.165, 1.54) is 24.3 Å². The van der Waals surface area contributed by atoms with E-state index in [0.717, 1.165) is 12.1 Å². The second kappa shape index (κ2) is 5.56. The smallest absolute Gasteiger partial charge is 0.337 e. The molecule has 0 aliphatic heterocycles. The number of halogens is 2. The molecule has 0 aromatic heterocycles. The molecule has 0 bridgehead atoms. The molecule has 0 fully saturated rings. The molecular formula is C14H11F2NO3. The van der Waals surface area contributed by atoms with E-state index in [4.69, 9.17) is 15.6 Å². The van der Waals surface area contributed by atoms with Crippen LogP contribution in [0.15, 0.2) is 36.4 Å². The summed E-state index contributed by atoms with van der Waals surface area (Å²) in [6, 6.07) is 7.25. The minimum atomic E-state index is -1.18. The first-order chi connectivity index (χ1) is 9.47. The van der Waals surface area contributed by atoms with Crippen LogP contribution in [-0.4, -0.2) is 11.1 Å². The number of carbonyl (C=O) groups is 1. The minimum Gasteiger partial charge on any atom is -0.489 e. The summed E-state index contributed by atoms with van der Waals surface area (Å²) in [6.07, 6.45) is 0. The Labute approximate surface area is 113 Å². The van der Waals surface area contributed by atoms with Crippen LogP contribution in [0.25, 0.3) is 0 Å². The molecule has 6 heteroatoms. The topological polar surface area (TPSA) is 72.5 Å². The zero-order valence-electron chi connectivity index (χ0n) is 10.3. The van der Waals surface area contributed by atoms with Gasteiger partial charge in [0.1, 0.15) is 24.0 Å². The second-order valence-corrected chi connectivity index (χ2v) is 4.08. The maximum atomic E-state index is 13.4. The molecule has 104 valence electrons. The van der Waals surface area contributed by atoms with Crippen LogP contribution >= 0.6 is 0 Å². The molecule has 3 N–H and O–H groups in total. The van der Waals surface area contributed by atoms with Gasteiger partial charge in [0.15, 0.2) is 0 Å². The van der Waals surface area contributed by atoms with Gasteiger partial charge in [-0.25, -0.2) is 13.6 Å². The number of nitrogens with two attached hydrogens (primary N) is 1. The summed E-state index contributed by atoms with van der Waals surface area (Å²) in [5, 5.41) is 8.91. The van der Waals surface area contributed by atoms with Crippen molar-refractivity contribution >= 4 is 11.7 Å². The molecule has 0 spiro atoms. The van der Waals surface area contributed by atoms with Crippen molar-refractivity contribution in [2.24, 2.45) is 0 Å². The van der Waals surface area contributed by atoms with Gasteiger partial charge in [-0.05, 0) is 30.3 Å². The molecule has 0 aliphatic rings. The number of carboxylic acid groups (broad SMARTS) is 1. The molecule has 0 radical (unpaired) electrons. The molecule has 0 aliphatic carbocycles. The lowest BCUT2D eigenvalue weighted by atomic mass is 10.1. The molecule has 0 amide bonds. The van der Waals surface area contributed by atoms with Crippen molar-refractivity contribution in [3.05, 3.63) is 59.2 Å². The zero-order chi connectivity index (χ0) is 14.7. The van der Waals surface area contributed by atoms with E-state index in [-0.39, 0.29) is 29.2 Å². The largest absolute Gasteiger partial charge is 0.489 e. The van der Waals surface area contributed by atoms with Crippen LogP contribution in [-0.2, 0) is 6.61 Å². The number of hydrogen-bond acceptors (Lipinski definition) is 3. The summed E-state index contributed by atoms with van der Waals surface area (Å²) in [4.78, 5) is 10.9. The summed E-state index contributed by atoms with van der Waals surface area (Å²) >= 11 is 0. The van der Waals surface area contributed by atoms with Crippen LogP contribution in [0, 0.1) is 11.6 Å². The van der Waals surface area contributed by atoms with Gasteiger partial charge in [-0.15, -0.1) is 0 Å². The predicted octanol–water partition coefficient (Wildman–Crippen LogP) is 2.82. The Hall–Kier alpha value is -2.63. The number of hydrogen-bond donors (Lipinski definition) is 2. The molecule has 2 rings (SSSR count). The van der Waals surface area contributed by atoms with E-state index in [1.807, 2.05) is 0 Å². The van der Waals surface area contributed by atoms with Gasteiger partial charge < -0.3 is 15.6 Å². The third-order valence-electron chi connectivity index (χ3n) is 2.66. The average Bonchev–Trinajstić information content (AvgIpc) is 2.39. The molecule has 20 heavy (non-hydrogen) atoms. The molecule has 2 aromatic carbocycles. The lowest BCUT2D eigenvalue weighted by Crippen LogP contribution is -2.04. The Morgan fingerprint density at radius 1 is 1.20 bits per heavy atom. The summed E-state index contributed by atoms with van der Waals surface area (Å²) in [6.45, 7) is -0.144. The van der Waals surface area contributed by atoms with Gasteiger partial charge in [-0.2, -0.15) is 0 Å². The first kappa shape index (κ1) is 13.8. The third-order valence-corrected chi connectivity index (χ3v) is 2.66. The maximum Gasteiger partial charge on any atom is 0.337 e. The van der Waals surface area contributed by atoms with Gasteiger partial charge in [-0.1, -0.05) is 0 Å². The first-order valence-electron chi connectivity index (χ1n) is 5.67. The summed E-state index contributed by atoms with van der Waals surface area (Å²) in [5.74, 6) is -2.34. The van der Waals surface area contributed by atoms with Gasteiger partial charge in [-0.3, -0.25) is 0 Å². The standard InChI is InChI=1S/C14H11F2NO3/c15-9-2-1-8(12(16)5-9)7-20-10-3-4-13(17)11(6-10)14(18)19/h1-6H,7,17H2,(H,18,19). The van der Waals surface area contributed by atoms with Crippen molar-refractivity contribution in [3.8, 4) is 5.75 Å². The highest BCUT2D eigenvalue weighted by Gasteiger charge is 2.10. The van der Waals surface area contributed by atoms with E-state index in [9.17, 15) is 13.6 Å². The quantitative estimate of drug-likeness (QED) is 0.844. The van der Waals surface area contributed by atoms with Gasteiger partial charge in [0.2, 0.25) is 0 Å². The number of ether oxygens (including phenoxy) is 1. The van der Waals surface area contributed by atoms with Gasteiger partial charge in [0.25, 0.3) is 0 Å². The van der Waals surface area contributed by atoms with Gasteiger partial charge in [0.05, 0.1) is 5.56 Å². The fraction of sp³-hybridized carbons (Fsp3) is 0.0714. The Morgan fingerprint density at radius 3 is 2.60 bits per heavy atom. The van der Waals surface area contributed by atoms with Crippen molar-refractivity contribution in [1.82, 2.24) is 0 Å². The van der Waals surface area contributed by atoms with Crippen molar-refractivity contribution in [2.45, 2.75) is 6.61 Å². The van der Waals surface area contributed by atoms with Crippen molar-refractivity contribution in [1.29, 1.82) is 0 Å². The first-order valence-corrected chi connectivity index (χ1v) is 5.67. The molecule has 0 heterocycles. The Bertz CT molecular complexity index is 659. The molecule has 0 saturated carbocycles. The van der Waals surface area contributed by atoms with Crippen LogP contribution in [0.2, 0.25) is 0 Å². The molecule has 0 saturated heterocycles. The van der Waals surface area contributed by atoms with Crippen molar-refractivity contribution in [3.63, 3.8) is 0 Å². The second-order valence-electron chi connectivity index (χ2n) is 4.08. The van der Waals surface area contributed by atoms with Crippen LogP contribution in [0.4, 0.5) is 14.5 Å². The monoisotopic (exact) mass is 279 g/mol. The summed E-state index contributed by atoms with van der Waals surface area (Å²) in [7, 11) is 0. The Morgan fingerprint density at radius 2 is 1.95 bits per heavy atom. The molecule has 0 atom stereocenters. The molecule has 2 aromatic rings. The number of carboxylic acids is 1. The maximum absolute atomic E-state index is 13.4. The highest BCUT2D eigenvalue weighted by Crippen LogP contribution is 2.21. The normalized spacial score (nSPS) is 10.3. The number of nitrogen functional groups attached to an aromatic ring is 1. The number of benzene rings is 2. The van der Waals surface area contributed by atoms with E-state index in [2.05, 4.69) is 0 Å². The Kier molecular flexibility index (Phi) is 3.84. The highest BCUT2D eigenvalue weighted by atomic mass is 19.1. The average molecular weight is 279 g/mol. The van der Waals surface area contributed by atoms with E-state index in [1.54, 1.807) is 0 Å². The van der Waals surface area contributed by atoms with Crippen LogP contribution in [0.3, 0.4) is 0 Å². The van der Waals surface area contributed by atoms with E-state index in [0.29, 0.717) is 0 Å². The third kappa shape index (κ3) is 3.03. The van der Waals surface area contributed by atoms with E-state index >= 15 is 0 Å². The van der Waals surface area contributed by atoms with Crippen LogP contribution in [0.1, 0.15) is 15.9 Å². The number of rotatable bonds is 4. The SMILES string of the molecule is Nc1ccc(OCc2ccc(F)cc2F)cc1C(=O)O. The van der Waals surface area contributed by atoms with E-state index < -0.39 is 17.6 Å². The van der Waals surface area contributed by atoms with Crippen molar-refractivity contribution in [2.75, 3.05) is 5.73 Å². The number of aromatic carboxylic acids is 1. The number of anilines is 1. The van der Waals surface area contributed by atoms with Gasteiger partial charge >= 0.3 is 5.97 Å². The highest BCUT2D eigenvalue weighted by molar-refractivity contribution is 5.94. The van der Waals surface area contributed by atoms with Crippen molar-refractivity contribution < 1.29 is 23.4 Å². The molecular weight excluding hydrogens is 268 g/mol. The lowest BCUT2D eigenvalue weighted by molar-refractivity contribution is 0.0697.